The third-order valence-corrected chi connectivity index (χ3v) is 4.59. The molecule has 2 N–H and O–H groups in total. The molecule has 0 spiro atoms. The van der Waals surface area contributed by atoms with E-state index in [4.69, 9.17) is 9.84 Å². The number of carbonyl (C=O) groups excluding carboxylic acids is 2. The monoisotopic (exact) mass is 423 g/mol. The number of para-hydroxylation sites is 1. The average Bonchev–Trinajstić information content (AvgIpc) is 3.22. The summed E-state index contributed by atoms with van der Waals surface area (Å²) in [5.74, 6) is -0.268. The molecule has 9 heteroatoms. The van der Waals surface area contributed by atoms with E-state index >= 15 is 0 Å². The molecule has 0 atom stereocenters. The Balaban J connectivity index is 1.67. The second-order valence-corrected chi connectivity index (χ2v) is 6.78. The van der Waals surface area contributed by atoms with Crippen molar-refractivity contribution in [3.63, 3.8) is 0 Å². The Morgan fingerprint density at radius 2 is 1.97 bits per heavy atom. The van der Waals surface area contributed by atoms with Crippen LogP contribution in [0, 0.1) is 0 Å². The molecule has 9 nitrogen and oxygen atoms in total. The van der Waals surface area contributed by atoms with Crippen LogP contribution in [0.15, 0.2) is 54.7 Å². The number of aliphatic hydroxyl groups excluding tert-OH is 1. The number of H-pyrrole nitrogens is 1. The zero-order chi connectivity index (χ0) is 22.1. The quantitative estimate of drug-likeness (QED) is 0.512. The molecular formula is C22H25N5O4. The minimum atomic E-state index is -0.500. The fourth-order valence-electron chi connectivity index (χ4n) is 2.95. The fraction of sp³-hybridized carbons (Fsp3) is 0.273. The van der Waals surface area contributed by atoms with Gasteiger partial charge in [0.15, 0.2) is 5.65 Å². The van der Waals surface area contributed by atoms with Gasteiger partial charge in [-0.3, -0.25) is 9.89 Å². The zero-order valence-electron chi connectivity index (χ0n) is 17.3. The van der Waals surface area contributed by atoms with E-state index in [1.807, 2.05) is 36.4 Å². The Morgan fingerprint density at radius 3 is 2.74 bits per heavy atom. The summed E-state index contributed by atoms with van der Waals surface area (Å²) in [7, 11) is 1.60. The highest BCUT2D eigenvalue weighted by molar-refractivity contribution is 6.04. The molecule has 31 heavy (non-hydrogen) atoms. The smallest absolute Gasteiger partial charge is 0.409 e. The van der Waals surface area contributed by atoms with Gasteiger partial charge in [-0.15, -0.1) is 0 Å². The topological polar surface area (TPSA) is 112 Å². The SMILES string of the molecule is CN(CCCO)C(=O)OCCN(C(=O)/C=C/c1n[nH]c2ncccc12)c1ccccc1. The van der Waals surface area contributed by atoms with Crippen molar-refractivity contribution in [1.29, 1.82) is 0 Å². The molecule has 0 saturated heterocycles. The van der Waals surface area contributed by atoms with E-state index in [0.29, 0.717) is 30.0 Å². The maximum absolute atomic E-state index is 12.9. The first kappa shape index (κ1) is 22.0. The van der Waals surface area contributed by atoms with Gasteiger partial charge in [0.1, 0.15) is 6.61 Å². The summed E-state index contributed by atoms with van der Waals surface area (Å²) in [5.41, 5.74) is 1.95. The minimum Gasteiger partial charge on any atom is -0.448 e. The lowest BCUT2D eigenvalue weighted by molar-refractivity contribution is -0.114. The minimum absolute atomic E-state index is 0.00158. The van der Waals surface area contributed by atoms with Gasteiger partial charge in [0, 0.05) is 43.5 Å². The molecule has 0 aliphatic rings. The highest BCUT2D eigenvalue weighted by atomic mass is 16.6. The summed E-state index contributed by atoms with van der Waals surface area (Å²) in [4.78, 5) is 32.1. The van der Waals surface area contributed by atoms with Crippen LogP contribution in [0.1, 0.15) is 12.1 Å². The normalized spacial score (nSPS) is 11.0. The van der Waals surface area contributed by atoms with Gasteiger partial charge in [-0.25, -0.2) is 9.78 Å². The highest BCUT2D eigenvalue weighted by Crippen LogP contribution is 2.17. The number of carbonyl (C=O) groups is 2. The van der Waals surface area contributed by atoms with Gasteiger partial charge in [-0.1, -0.05) is 18.2 Å². The van der Waals surface area contributed by atoms with Crippen LogP contribution in [0.25, 0.3) is 17.1 Å². The van der Waals surface area contributed by atoms with Crippen LogP contribution in [0.3, 0.4) is 0 Å². The van der Waals surface area contributed by atoms with E-state index in [9.17, 15) is 9.59 Å². The Kier molecular flexibility index (Phi) is 7.72. The summed E-state index contributed by atoms with van der Waals surface area (Å²) >= 11 is 0. The van der Waals surface area contributed by atoms with Crippen LogP contribution >= 0.6 is 0 Å². The van der Waals surface area contributed by atoms with Crippen molar-refractivity contribution in [2.45, 2.75) is 6.42 Å². The Labute approximate surface area is 179 Å². The third-order valence-electron chi connectivity index (χ3n) is 4.59. The predicted octanol–water partition coefficient (Wildman–Crippen LogP) is 2.46. The van der Waals surface area contributed by atoms with Crippen LogP contribution < -0.4 is 4.90 Å². The van der Waals surface area contributed by atoms with Crippen LogP contribution in [-0.4, -0.2) is 70.5 Å². The molecule has 0 aliphatic carbocycles. The summed E-state index contributed by atoms with van der Waals surface area (Å²) in [5, 5.41) is 16.7. The van der Waals surface area contributed by atoms with Gasteiger partial charge in [0.25, 0.3) is 5.91 Å². The molecule has 3 rings (SSSR count). The lowest BCUT2D eigenvalue weighted by Gasteiger charge is -2.22. The maximum atomic E-state index is 12.9. The number of nitrogens with one attached hydrogen (secondary N) is 1. The molecule has 0 unspecified atom stereocenters. The molecule has 1 aromatic carbocycles. The van der Waals surface area contributed by atoms with Gasteiger partial charge < -0.3 is 19.6 Å². The second kappa shape index (κ2) is 10.9. The van der Waals surface area contributed by atoms with E-state index < -0.39 is 6.09 Å². The third kappa shape index (κ3) is 5.89. The molecule has 3 aromatic rings. The average molecular weight is 423 g/mol. The predicted molar refractivity (Wildman–Crippen MR) is 117 cm³/mol. The van der Waals surface area contributed by atoms with Crippen molar-refractivity contribution in [2.24, 2.45) is 0 Å². The lowest BCUT2D eigenvalue weighted by atomic mass is 10.2. The molecule has 162 valence electrons. The first-order valence-corrected chi connectivity index (χ1v) is 9.92. The van der Waals surface area contributed by atoms with Crippen molar-refractivity contribution < 1.29 is 19.4 Å². The number of hydrogen-bond donors (Lipinski definition) is 2. The number of aliphatic hydroxyl groups is 1. The number of fused-ring (bicyclic) bond motifs is 1. The van der Waals surface area contributed by atoms with E-state index in [-0.39, 0.29) is 25.7 Å². The molecule has 0 bridgehead atoms. The lowest BCUT2D eigenvalue weighted by Crippen LogP contribution is -2.35. The Hall–Kier alpha value is -3.72. The first-order chi connectivity index (χ1) is 15.1. The van der Waals surface area contributed by atoms with E-state index in [1.54, 1.807) is 25.4 Å². The van der Waals surface area contributed by atoms with Crippen molar-refractivity contribution in [3.8, 4) is 0 Å². The molecule has 0 fully saturated rings. The standard InChI is InChI=1S/C22H25N5O4/c1-26(13-6-15-28)22(30)31-16-14-27(17-7-3-2-4-8-17)20(29)11-10-19-18-9-5-12-23-21(18)25-24-19/h2-5,7-12,28H,6,13-16H2,1H3,(H,23,24,25)/b11-10+. The van der Waals surface area contributed by atoms with Crippen LogP contribution in [0.5, 0.6) is 0 Å². The van der Waals surface area contributed by atoms with Crippen molar-refractivity contribution in [2.75, 3.05) is 38.3 Å². The molecule has 2 amide bonds. The summed E-state index contributed by atoms with van der Waals surface area (Å²) in [6.45, 7) is 0.620. The highest BCUT2D eigenvalue weighted by Gasteiger charge is 2.16. The number of rotatable bonds is 9. The Morgan fingerprint density at radius 1 is 1.16 bits per heavy atom. The number of ether oxygens (including phenoxy) is 1. The van der Waals surface area contributed by atoms with Crippen LogP contribution in [-0.2, 0) is 9.53 Å². The van der Waals surface area contributed by atoms with Gasteiger partial charge in [0.05, 0.1) is 12.2 Å². The Bertz CT molecular complexity index is 1030. The number of aromatic amines is 1. The maximum Gasteiger partial charge on any atom is 0.409 e. The van der Waals surface area contributed by atoms with Crippen LogP contribution in [0.2, 0.25) is 0 Å². The zero-order valence-corrected chi connectivity index (χ0v) is 17.3. The van der Waals surface area contributed by atoms with E-state index in [0.717, 1.165) is 5.39 Å². The van der Waals surface area contributed by atoms with Crippen molar-refractivity contribution in [1.82, 2.24) is 20.1 Å². The number of benzene rings is 1. The number of anilines is 1. The van der Waals surface area contributed by atoms with Crippen molar-refractivity contribution in [3.05, 3.63) is 60.4 Å². The summed E-state index contributed by atoms with van der Waals surface area (Å²) in [6.07, 6.45) is 4.71. The van der Waals surface area contributed by atoms with Gasteiger partial charge >= 0.3 is 6.09 Å². The second-order valence-electron chi connectivity index (χ2n) is 6.78. The number of amides is 2. The van der Waals surface area contributed by atoms with Gasteiger partial charge in [-0.2, -0.15) is 5.10 Å². The molecule has 0 radical (unpaired) electrons. The van der Waals surface area contributed by atoms with Gasteiger partial charge in [0.2, 0.25) is 0 Å². The van der Waals surface area contributed by atoms with Gasteiger partial charge in [-0.05, 0) is 36.8 Å². The van der Waals surface area contributed by atoms with E-state index in [1.165, 1.54) is 15.9 Å². The fourth-order valence-corrected chi connectivity index (χ4v) is 2.95. The summed E-state index contributed by atoms with van der Waals surface area (Å²) in [6, 6.07) is 12.8. The van der Waals surface area contributed by atoms with Crippen molar-refractivity contribution >= 4 is 34.8 Å². The van der Waals surface area contributed by atoms with Crippen LogP contribution in [0.4, 0.5) is 10.5 Å². The molecule has 2 aromatic heterocycles. The molecular weight excluding hydrogens is 398 g/mol. The number of nitrogens with zero attached hydrogens (tertiary/aromatic N) is 4. The number of pyridine rings is 1. The molecule has 2 heterocycles. The van der Waals surface area contributed by atoms with E-state index in [2.05, 4.69) is 15.2 Å². The number of hydrogen-bond acceptors (Lipinski definition) is 6. The molecule has 0 aliphatic heterocycles. The largest absolute Gasteiger partial charge is 0.448 e. The number of aromatic nitrogens is 3. The molecule has 0 saturated carbocycles. The summed E-state index contributed by atoms with van der Waals surface area (Å²) < 4.78 is 5.27. The first-order valence-electron chi connectivity index (χ1n) is 9.92.